The molecule has 0 radical (unpaired) electrons. The van der Waals surface area contributed by atoms with Crippen LogP contribution >= 0.6 is 0 Å². The summed E-state index contributed by atoms with van der Waals surface area (Å²) < 4.78 is 29.6. The van der Waals surface area contributed by atoms with Crippen LogP contribution in [-0.2, 0) is 6.54 Å². The van der Waals surface area contributed by atoms with Crippen LogP contribution in [0.15, 0.2) is 29.3 Å². The molecule has 1 unspecified atom stereocenters. The Morgan fingerprint density at radius 1 is 1.19 bits per heavy atom. The minimum absolute atomic E-state index is 0.180. The van der Waals surface area contributed by atoms with Gasteiger partial charge in [0.2, 0.25) is 0 Å². The Balaban J connectivity index is 1.76. The van der Waals surface area contributed by atoms with Crippen LogP contribution in [0.3, 0.4) is 0 Å². The lowest BCUT2D eigenvalue weighted by atomic mass is 10.1. The van der Waals surface area contributed by atoms with Crippen molar-refractivity contribution in [3.63, 3.8) is 0 Å². The first-order chi connectivity index (χ1) is 13.0. The largest absolute Gasteiger partial charge is 0.434 e. The quantitative estimate of drug-likeness (QED) is 0.530. The summed E-state index contributed by atoms with van der Waals surface area (Å²) in [5.41, 5.74) is 0.659. The Bertz CT molecular complexity index is 591. The van der Waals surface area contributed by atoms with Crippen LogP contribution in [-0.4, -0.2) is 75.7 Å². The molecule has 1 fully saturated rings. The number of rotatable bonds is 8. The van der Waals surface area contributed by atoms with Crippen molar-refractivity contribution in [1.29, 1.82) is 0 Å². The molecular weight excluding hydrogens is 352 g/mol. The number of guanidine groups is 1. The van der Waals surface area contributed by atoms with Gasteiger partial charge in [-0.1, -0.05) is 25.1 Å². The maximum atomic E-state index is 12.5. The summed E-state index contributed by atoms with van der Waals surface area (Å²) in [6.45, 7) is 6.01. The normalized spacial score (nSPS) is 17.8. The first-order valence-corrected chi connectivity index (χ1v) is 9.36. The van der Waals surface area contributed by atoms with Gasteiger partial charge in [-0.3, -0.25) is 4.99 Å². The van der Waals surface area contributed by atoms with Gasteiger partial charge in [0.05, 0.1) is 0 Å². The summed E-state index contributed by atoms with van der Waals surface area (Å²) in [7, 11) is 3.85. The Hall–Kier alpha value is -1.93. The molecule has 1 saturated heterocycles. The minimum atomic E-state index is -2.83. The van der Waals surface area contributed by atoms with Crippen LogP contribution in [0.4, 0.5) is 8.78 Å². The topological polar surface area (TPSA) is 52.1 Å². The van der Waals surface area contributed by atoms with Crippen molar-refractivity contribution in [3.05, 3.63) is 29.8 Å². The lowest BCUT2D eigenvalue weighted by Gasteiger charge is -2.34. The molecule has 152 valence electrons. The van der Waals surface area contributed by atoms with E-state index in [1.165, 1.54) is 6.07 Å². The summed E-state index contributed by atoms with van der Waals surface area (Å²) in [4.78, 5) is 9.04. The summed E-state index contributed by atoms with van der Waals surface area (Å²) in [6, 6.07) is 6.77. The second-order valence-electron chi connectivity index (χ2n) is 7.00. The van der Waals surface area contributed by atoms with Crippen LogP contribution in [0.1, 0.15) is 12.5 Å². The molecule has 0 amide bonds. The monoisotopic (exact) mass is 383 g/mol. The van der Waals surface area contributed by atoms with Crippen molar-refractivity contribution < 1.29 is 13.5 Å². The highest BCUT2D eigenvalue weighted by Crippen LogP contribution is 2.19. The lowest BCUT2D eigenvalue weighted by molar-refractivity contribution is -0.0504. The van der Waals surface area contributed by atoms with Gasteiger partial charge in [0, 0.05) is 58.4 Å². The zero-order valence-corrected chi connectivity index (χ0v) is 16.4. The van der Waals surface area contributed by atoms with Gasteiger partial charge in [-0.15, -0.1) is 0 Å². The molecule has 0 spiro atoms. The van der Waals surface area contributed by atoms with E-state index in [9.17, 15) is 8.78 Å². The van der Waals surface area contributed by atoms with E-state index in [4.69, 9.17) is 0 Å². The molecule has 1 aliphatic heterocycles. The Kier molecular flexibility index (Phi) is 8.74. The standard InChI is InChI=1S/C19H31F2N5O/c1-15(14-26-10-8-25(3)9-11-26)12-23-19(22-2)24-13-16-6-4-5-7-17(16)27-18(20)21/h4-7,15,18H,8-14H2,1-3H3,(H2,22,23,24). The number of likely N-dealkylation sites (N-methyl/N-ethyl adjacent to an activating group) is 1. The first kappa shape index (κ1) is 21.4. The number of para-hydroxylation sites is 1. The lowest BCUT2D eigenvalue weighted by Crippen LogP contribution is -2.47. The molecule has 0 bridgehead atoms. The average Bonchev–Trinajstić information content (AvgIpc) is 2.64. The van der Waals surface area contributed by atoms with Gasteiger partial charge in [0.25, 0.3) is 0 Å². The van der Waals surface area contributed by atoms with Crippen LogP contribution < -0.4 is 15.4 Å². The van der Waals surface area contributed by atoms with Crippen molar-refractivity contribution in [1.82, 2.24) is 20.4 Å². The molecule has 1 aliphatic rings. The predicted molar refractivity (Wildman–Crippen MR) is 104 cm³/mol. The summed E-state index contributed by atoms with van der Waals surface area (Å²) in [6.07, 6.45) is 0. The number of ether oxygens (including phenoxy) is 1. The fourth-order valence-corrected chi connectivity index (χ4v) is 3.07. The molecule has 2 N–H and O–H groups in total. The van der Waals surface area contributed by atoms with Crippen molar-refractivity contribution >= 4 is 5.96 Å². The SMILES string of the molecule is CN=C(NCc1ccccc1OC(F)F)NCC(C)CN1CCN(C)CC1. The van der Waals surface area contributed by atoms with Crippen LogP contribution in [0, 0.1) is 5.92 Å². The van der Waals surface area contributed by atoms with E-state index in [1.54, 1.807) is 25.2 Å². The van der Waals surface area contributed by atoms with Gasteiger partial charge in [0.1, 0.15) is 5.75 Å². The highest BCUT2D eigenvalue weighted by Gasteiger charge is 2.16. The van der Waals surface area contributed by atoms with Gasteiger partial charge in [0.15, 0.2) is 5.96 Å². The molecule has 2 rings (SSSR count). The van der Waals surface area contributed by atoms with E-state index >= 15 is 0 Å². The van der Waals surface area contributed by atoms with Gasteiger partial charge >= 0.3 is 6.61 Å². The third kappa shape index (κ3) is 7.68. The smallest absolute Gasteiger partial charge is 0.387 e. The zero-order valence-electron chi connectivity index (χ0n) is 16.4. The Morgan fingerprint density at radius 2 is 1.89 bits per heavy atom. The molecule has 0 aliphatic carbocycles. The molecule has 0 saturated carbocycles. The zero-order chi connectivity index (χ0) is 19.6. The Morgan fingerprint density at radius 3 is 2.56 bits per heavy atom. The van der Waals surface area contributed by atoms with Crippen molar-refractivity contribution in [2.24, 2.45) is 10.9 Å². The van der Waals surface area contributed by atoms with E-state index in [0.29, 0.717) is 24.0 Å². The van der Waals surface area contributed by atoms with Gasteiger partial charge < -0.3 is 25.2 Å². The van der Waals surface area contributed by atoms with Crippen molar-refractivity contribution in [3.8, 4) is 5.75 Å². The Labute approximate surface area is 160 Å². The third-order valence-corrected chi connectivity index (χ3v) is 4.64. The summed E-state index contributed by atoms with van der Waals surface area (Å²) >= 11 is 0. The fourth-order valence-electron chi connectivity index (χ4n) is 3.07. The highest BCUT2D eigenvalue weighted by molar-refractivity contribution is 5.79. The van der Waals surface area contributed by atoms with Gasteiger partial charge in [-0.05, 0) is 19.0 Å². The molecule has 0 aromatic heterocycles. The number of nitrogens with one attached hydrogen (secondary N) is 2. The number of piperazine rings is 1. The molecule has 8 heteroatoms. The molecule has 6 nitrogen and oxygen atoms in total. The number of alkyl halides is 2. The first-order valence-electron chi connectivity index (χ1n) is 9.36. The van der Waals surface area contributed by atoms with Crippen LogP contribution in [0.25, 0.3) is 0 Å². The molecular formula is C19H31F2N5O. The second kappa shape index (κ2) is 11.0. The van der Waals surface area contributed by atoms with E-state index in [2.05, 4.69) is 44.1 Å². The number of nitrogens with zero attached hydrogens (tertiary/aromatic N) is 3. The third-order valence-electron chi connectivity index (χ3n) is 4.64. The highest BCUT2D eigenvalue weighted by atomic mass is 19.3. The molecule has 1 heterocycles. The number of aliphatic imine (C=N–C) groups is 1. The number of benzene rings is 1. The van der Waals surface area contributed by atoms with E-state index < -0.39 is 6.61 Å². The molecule has 1 aromatic carbocycles. The molecule has 27 heavy (non-hydrogen) atoms. The molecule has 1 aromatic rings. The molecule has 1 atom stereocenters. The van der Waals surface area contributed by atoms with E-state index in [-0.39, 0.29) is 5.75 Å². The van der Waals surface area contributed by atoms with Crippen LogP contribution in [0.2, 0.25) is 0 Å². The van der Waals surface area contributed by atoms with E-state index in [1.807, 2.05) is 0 Å². The maximum absolute atomic E-state index is 12.5. The average molecular weight is 383 g/mol. The second-order valence-corrected chi connectivity index (χ2v) is 7.00. The van der Waals surface area contributed by atoms with Crippen molar-refractivity contribution in [2.75, 3.05) is 53.4 Å². The van der Waals surface area contributed by atoms with E-state index in [0.717, 1.165) is 39.3 Å². The number of hydrogen-bond acceptors (Lipinski definition) is 4. The fraction of sp³-hybridized carbons (Fsp3) is 0.632. The summed E-state index contributed by atoms with van der Waals surface area (Å²) in [5, 5.41) is 6.47. The predicted octanol–water partition coefficient (Wildman–Crippen LogP) is 1.84. The maximum Gasteiger partial charge on any atom is 0.387 e. The number of hydrogen-bond donors (Lipinski definition) is 2. The van der Waals surface area contributed by atoms with Gasteiger partial charge in [-0.2, -0.15) is 8.78 Å². The summed E-state index contributed by atoms with van der Waals surface area (Å²) in [5.74, 6) is 1.30. The van der Waals surface area contributed by atoms with Crippen molar-refractivity contribution in [2.45, 2.75) is 20.1 Å². The number of halogens is 2. The minimum Gasteiger partial charge on any atom is -0.434 e. The van der Waals surface area contributed by atoms with Crippen LogP contribution in [0.5, 0.6) is 5.75 Å². The van der Waals surface area contributed by atoms with Gasteiger partial charge in [-0.25, -0.2) is 0 Å².